The number of hydrogen-bond acceptors (Lipinski definition) is 3. The topological polar surface area (TPSA) is 60.9 Å². The van der Waals surface area contributed by atoms with Gasteiger partial charge < -0.3 is 10.0 Å². The molecule has 2 atom stereocenters. The molecule has 0 aromatic heterocycles. The van der Waals surface area contributed by atoms with Gasteiger partial charge >= 0.3 is 12.0 Å². The highest BCUT2D eigenvalue weighted by atomic mass is 32.2. The summed E-state index contributed by atoms with van der Waals surface area (Å²) >= 11 is 1.61. The van der Waals surface area contributed by atoms with E-state index in [0.717, 1.165) is 32.4 Å². The number of amides is 2. The third kappa shape index (κ3) is 4.05. The second-order valence-corrected chi connectivity index (χ2v) is 7.22. The summed E-state index contributed by atoms with van der Waals surface area (Å²) in [7, 11) is 0. The molecule has 1 heterocycles. The monoisotopic (exact) mass is 314 g/mol. The van der Waals surface area contributed by atoms with Crippen LogP contribution in [0.25, 0.3) is 0 Å². The zero-order valence-corrected chi connectivity index (χ0v) is 13.8. The Bertz CT molecular complexity index is 387. The summed E-state index contributed by atoms with van der Waals surface area (Å²) in [6.45, 7) is 5.65. The molecule has 2 amide bonds. The third-order valence-corrected chi connectivity index (χ3v) is 5.43. The Labute approximate surface area is 131 Å². The molecule has 6 heteroatoms. The first-order valence-corrected chi connectivity index (χ1v) is 9.05. The van der Waals surface area contributed by atoms with Crippen LogP contribution < -0.4 is 0 Å². The Kier molecular flexibility index (Phi) is 5.79. The molecular weight excluding hydrogens is 288 g/mol. The number of hydrogen-bond donors (Lipinski definition) is 1. The molecule has 2 fully saturated rings. The van der Waals surface area contributed by atoms with Crippen molar-refractivity contribution in [2.75, 3.05) is 18.8 Å². The first-order chi connectivity index (χ1) is 10.1. The molecule has 1 saturated carbocycles. The molecule has 120 valence electrons. The van der Waals surface area contributed by atoms with Gasteiger partial charge in [-0.25, -0.2) is 9.59 Å². The van der Waals surface area contributed by atoms with Crippen LogP contribution in [0.15, 0.2) is 0 Å². The molecule has 0 radical (unpaired) electrons. The second kappa shape index (κ2) is 7.38. The summed E-state index contributed by atoms with van der Waals surface area (Å²) in [6.07, 6.45) is 5.13. The van der Waals surface area contributed by atoms with E-state index >= 15 is 0 Å². The number of urea groups is 1. The van der Waals surface area contributed by atoms with Crippen molar-refractivity contribution in [3.05, 3.63) is 0 Å². The van der Waals surface area contributed by atoms with Crippen LogP contribution >= 0.6 is 11.8 Å². The molecule has 2 rings (SSSR count). The van der Waals surface area contributed by atoms with Crippen LogP contribution in [0, 0.1) is 5.92 Å². The maximum absolute atomic E-state index is 12.9. The summed E-state index contributed by atoms with van der Waals surface area (Å²) in [6, 6.07) is -0.739. The maximum atomic E-state index is 12.9. The average molecular weight is 314 g/mol. The lowest BCUT2D eigenvalue weighted by Crippen LogP contribution is -2.52. The molecule has 21 heavy (non-hydrogen) atoms. The Balaban J connectivity index is 2.10. The van der Waals surface area contributed by atoms with Crippen LogP contribution in [0.2, 0.25) is 0 Å². The lowest BCUT2D eigenvalue weighted by atomic mass is 10.2. The number of carboxylic acid groups (broad SMARTS) is 1. The van der Waals surface area contributed by atoms with Crippen molar-refractivity contribution in [2.24, 2.45) is 5.92 Å². The van der Waals surface area contributed by atoms with Gasteiger partial charge in [-0.1, -0.05) is 20.3 Å². The number of thioether (sulfide) groups is 1. The van der Waals surface area contributed by atoms with Crippen molar-refractivity contribution < 1.29 is 14.7 Å². The Morgan fingerprint density at radius 1 is 1.29 bits per heavy atom. The second-order valence-electron chi connectivity index (χ2n) is 6.01. The van der Waals surface area contributed by atoms with Crippen molar-refractivity contribution >= 4 is 23.8 Å². The highest BCUT2D eigenvalue weighted by Crippen LogP contribution is 2.35. The van der Waals surface area contributed by atoms with Crippen LogP contribution in [-0.2, 0) is 4.79 Å². The van der Waals surface area contributed by atoms with Gasteiger partial charge in [0.15, 0.2) is 0 Å². The van der Waals surface area contributed by atoms with Crippen molar-refractivity contribution in [1.82, 2.24) is 9.80 Å². The van der Waals surface area contributed by atoms with Crippen molar-refractivity contribution in [2.45, 2.75) is 57.4 Å². The normalized spacial score (nSPS) is 25.1. The fourth-order valence-corrected chi connectivity index (χ4v) is 4.30. The van der Waals surface area contributed by atoms with Gasteiger partial charge in [-0.15, -0.1) is 11.8 Å². The number of carbonyl (C=O) groups excluding carboxylic acids is 1. The van der Waals surface area contributed by atoms with E-state index in [4.69, 9.17) is 0 Å². The van der Waals surface area contributed by atoms with Gasteiger partial charge in [0, 0.05) is 18.8 Å². The SMILES string of the molecule is CCCC1SCC(C(=O)O)N1C(=O)N(CCC)CC1CC1. The highest BCUT2D eigenvalue weighted by molar-refractivity contribution is 8.00. The van der Waals surface area contributed by atoms with E-state index < -0.39 is 12.0 Å². The van der Waals surface area contributed by atoms with Crippen molar-refractivity contribution in [3.63, 3.8) is 0 Å². The predicted molar refractivity (Wildman–Crippen MR) is 84.4 cm³/mol. The van der Waals surface area contributed by atoms with E-state index in [9.17, 15) is 14.7 Å². The largest absolute Gasteiger partial charge is 0.480 e. The molecule has 0 bridgehead atoms. The van der Waals surface area contributed by atoms with E-state index in [-0.39, 0.29) is 11.4 Å². The lowest BCUT2D eigenvalue weighted by molar-refractivity contribution is -0.141. The Hall–Kier alpha value is -0.910. The van der Waals surface area contributed by atoms with E-state index in [0.29, 0.717) is 11.7 Å². The Morgan fingerprint density at radius 2 is 2.00 bits per heavy atom. The van der Waals surface area contributed by atoms with Crippen LogP contribution in [0.4, 0.5) is 4.79 Å². The lowest BCUT2D eigenvalue weighted by Gasteiger charge is -2.33. The van der Waals surface area contributed by atoms with Crippen LogP contribution in [0.5, 0.6) is 0 Å². The van der Waals surface area contributed by atoms with E-state index in [1.165, 1.54) is 12.8 Å². The van der Waals surface area contributed by atoms with Crippen molar-refractivity contribution in [3.8, 4) is 0 Å². The van der Waals surface area contributed by atoms with Gasteiger partial charge in [0.05, 0.1) is 5.37 Å². The molecule has 0 spiro atoms. The molecule has 2 aliphatic rings. The van der Waals surface area contributed by atoms with Crippen LogP contribution in [0.1, 0.15) is 46.0 Å². The quantitative estimate of drug-likeness (QED) is 0.785. The number of carbonyl (C=O) groups is 2. The number of carboxylic acids is 1. The molecule has 1 aliphatic heterocycles. The zero-order valence-electron chi connectivity index (χ0n) is 13.0. The summed E-state index contributed by atoms with van der Waals surface area (Å²) < 4.78 is 0. The van der Waals surface area contributed by atoms with Crippen molar-refractivity contribution in [1.29, 1.82) is 0 Å². The highest BCUT2D eigenvalue weighted by Gasteiger charge is 2.43. The van der Waals surface area contributed by atoms with E-state index in [2.05, 4.69) is 13.8 Å². The minimum absolute atomic E-state index is 0.0159. The molecule has 1 saturated heterocycles. The van der Waals surface area contributed by atoms with Gasteiger partial charge in [-0.05, 0) is 31.6 Å². The molecule has 1 aliphatic carbocycles. The summed E-state index contributed by atoms with van der Waals surface area (Å²) in [5, 5.41) is 9.41. The number of rotatable bonds is 7. The molecule has 5 nitrogen and oxygen atoms in total. The predicted octanol–water partition coefficient (Wildman–Crippen LogP) is 2.86. The molecule has 1 N–H and O–H groups in total. The fourth-order valence-electron chi connectivity index (χ4n) is 2.79. The third-order valence-electron chi connectivity index (χ3n) is 4.07. The molecule has 2 unspecified atom stereocenters. The molecule has 0 aromatic rings. The van der Waals surface area contributed by atoms with Gasteiger partial charge in [0.1, 0.15) is 6.04 Å². The Morgan fingerprint density at radius 3 is 2.52 bits per heavy atom. The number of nitrogens with zero attached hydrogens (tertiary/aromatic N) is 2. The van der Waals surface area contributed by atoms with E-state index in [1.54, 1.807) is 16.7 Å². The maximum Gasteiger partial charge on any atom is 0.327 e. The first-order valence-electron chi connectivity index (χ1n) is 8.00. The van der Waals surface area contributed by atoms with Gasteiger partial charge in [-0.3, -0.25) is 4.90 Å². The first kappa shape index (κ1) is 16.5. The summed E-state index contributed by atoms with van der Waals surface area (Å²) in [4.78, 5) is 27.8. The minimum atomic E-state index is -0.877. The van der Waals surface area contributed by atoms with Crippen LogP contribution in [0.3, 0.4) is 0 Å². The van der Waals surface area contributed by atoms with Gasteiger partial charge in [0.25, 0.3) is 0 Å². The molecular formula is C15H26N2O3S. The van der Waals surface area contributed by atoms with Crippen LogP contribution in [-0.4, -0.2) is 57.2 Å². The van der Waals surface area contributed by atoms with Gasteiger partial charge in [-0.2, -0.15) is 0 Å². The average Bonchev–Trinajstić information content (AvgIpc) is 3.16. The standard InChI is InChI=1S/C15H26N2O3S/c1-3-5-13-17(12(10-21-13)14(18)19)15(20)16(8-4-2)9-11-6-7-11/h11-13H,3-10H2,1-2H3,(H,18,19). The minimum Gasteiger partial charge on any atom is -0.480 e. The number of aliphatic carboxylic acids is 1. The van der Waals surface area contributed by atoms with E-state index in [1.807, 2.05) is 4.90 Å². The summed E-state index contributed by atoms with van der Waals surface area (Å²) in [5.41, 5.74) is 0. The molecule has 0 aromatic carbocycles. The summed E-state index contributed by atoms with van der Waals surface area (Å²) in [5.74, 6) is 0.260. The fraction of sp³-hybridized carbons (Fsp3) is 0.867. The zero-order chi connectivity index (χ0) is 15.4. The smallest absolute Gasteiger partial charge is 0.327 e. The van der Waals surface area contributed by atoms with Gasteiger partial charge in [0.2, 0.25) is 0 Å².